The molecule has 0 saturated carbocycles. The molecule has 4 heteroatoms. The molecule has 2 nitrogen and oxygen atoms in total. The van der Waals surface area contributed by atoms with Gasteiger partial charge < -0.3 is 0 Å². The van der Waals surface area contributed by atoms with Crippen LogP contribution in [0.2, 0.25) is 0 Å². The van der Waals surface area contributed by atoms with Crippen LogP contribution in [0.1, 0.15) is 12.8 Å². The van der Waals surface area contributed by atoms with E-state index in [2.05, 4.69) is 11.1 Å². The van der Waals surface area contributed by atoms with E-state index in [1.165, 1.54) is 0 Å². The van der Waals surface area contributed by atoms with Crippen molar-refractivity contribution >= 4 is 23.1 Å². The molecule has 0 saturated heterocycles. The number of rotatable bonds is 4. The van der Waals surface area contributed by atoms with E-state index < -0.39 is 0 Å². The summed E-state index contributed by atoms with van der Waals surface area (Å²) in [6.07, 6.45) is 3.41. The molecule has 0 aliphatic carbocycles. The second kappa shape index (κ2) is 5.16. The molecule has 0 spiro atoms. The van der Waals surface area contributed by atoms with Crippen LogP contribution in [0.25, 0.3) is 0 Å². The molecule has 0 atom stereocenters. The number of thioether (sulfide) groups is 1. The van der Waals surface area contributed by atoms with Gasteiger partial charge in [-0.15, -0.1) is 11.3 Å². The van der Waals surface area contributed by atoms with Crippen molar-refractivity contribution in [2.45, 2.75) is 17.2 Å². The van der Waals surface area contributed by atoms with Crippen LogP contribution in [0, 0.1) is 11.3 Å². The maximum absolute atomic E-state index is 8.25. The molecule has 0 fully saturated rings. The van der Waals surface area contributed by atoms with Gasteiger partial charge in [0.2, 0.25) is 0 Å². The van der Waals surface area contributed by atoms with Crippen molar-refractivity contribution in [3.05, 3.63) is 11.6 Å². The zero-order valence-corrected chi connectivity index (χ0v) is 7.62. The molecular formula is C7H8N2S2. The van der Waals surface area contributed by atoms with E-state index in [0.717, 1.165) is 16.5 Å². The molecule has 11 heavy (non-hydrogen) atoms. The highest BCUT2D eigenvalue weighted by Crippen LogP contribution is 2.20. The molecule has 1 aromatic heterocycles. The number of nitriles is 1. The summed E-state index contributed by atoms with van der Waals surface area (Å²) in [5.74, 6) is 1.00. The third-order valence-electron chi connectivity index (χ3n) is 1.07. The Morgan fingerprint density at radius 3 is 3.27 bits per heavy atom. The minimum Gasteiger partial charge on any atom is -0.238 e. The van der Waals surface area contributed by atoms with Crippen molar-refractivity contribution in [3.8, 4) is 6.07 Å². The van der Waals surface area contributed by atoms with Crippen LogP contribution in [-0.2, 0) is 0 Å². The molecule has 1 rings (SSSR count). The van der Waals surface area contributed by atoms with Gasteiger partial charge in [-0.1, -0.05) is 11.8 Å². The molecule has 0 N–H and O–H groups in total. The van der Waals surface area contributed by atoms with E-state index >= 15 is 0 Å². The van der Waals surface area contributed by atoms with Gasteiger partial charge in [0.1, 0.15) is 4.34 Å². The smallest absolute Gasteiger partial charge is 0.149 e. The summed E-state index contributed by atoms with van der Waals surface area (Å²) in [4.78, 5) is 4.11. The predicted molar refractivity (Wildman–Crippen MR) is 47.7 cm³/mol. The van der Waals surface area contributed by atoms with Gasteiger partial charge >= 0.3 is 0 Å². The maximum atomic E-state index is 8.25. The standard InChI is InChI=1S/C7H8N2S2/c8-3-1-2-5-10-7-9-4-6-11-7/h4,6H,1-2,5H2. The molecule has 58 valence electrons. The first-order valence-corrected chi connectivity index (χ1v) is 5.19. The molecule has 0 aliphatic heterocycles. The first-order chi connectivity index (χ1) is 5.43. The molecule has 0 bridgehead atoms. The van der Waals surface area contributed by atoms with E-state index in [1.807, 2.05) is 5.38 Å². The monoisotopic (exact) mass is 184 g/mol. The van der Waals surface area contributed by atoms with Crippen molar-refractivity contribution < 1.29 is 0 Å². The molecule has 0 amide bonds. The molecule has 1 aromatic rings. The second-order valence-corrected chi connectivity index (χ2v) is 4.14. The van der Waals surface area contributed by atoms with Crippen LogP contribution < -0.4 is 0 Å². The summed E-state index contributed by atoms with van der Waals surface area (Å²) in [6, 6.07) is 2.12. The fraction of sp³-hybridized carbons (Fsp3) is 0.429. The number of unbranched alkanes of at least 4 members (excludes halogenated alkanes) is 1. The molecule has 1 heterocycles. The summed E-state index contributed by atoms with van der Waals surface area (Å²) in [5.41, 5.74) is 0. The SMILES string of the molecule is N#CCCCSc1nccs1. The Kier molecular flexibility index (Phi) is 4.02. The van der Waals surface area contributed by atoms with Crippen LogP contribution in [0.3, 0.4) is 0 Å². The first kappa shape index (κ1) is 8.57. The Morgan fingerprint density at radius 2 is 2.64 bits per heavy atom. The lowest BCUT2D eigenvalue weighted by molar-refractivity contribution is 0.980. The lowest BCUT2D eigenvalue weighted by atomic mass is 10.4. The van der Waals surface area contributed by atoms with E-state index in [-0.39, 0.29) is 0 Å². The minimum atomic E-state index is 0.651. The zero-order valence-electron chi connectivity index (χ0n) is 5.99. The summed E-state index contributed by atoms with van der Waals surface area (Å²) in [5, 5.41) is 10.2. The third-order valence-corrected chi connectivity index (χ3v) is 3.12. The average molecular weight is 184 g/mol. The van der Waals surface area contributed by atoms with E-state index in [1.54, 1.807) is 29.3 Å². The van der Waals surface area contributed by atoms with Gasteiger partial charge in [0.25, 0.3) is 0 Å². The van der Waals surface area contributed by atoms with Crippen molar-refractivity contribution in [1.82, 2.24) is 4.98 Å². The Balaban J connectivity index is 2.10. The van der Waals surface area contributed by atoms with E-state index in [4.69, 9.17) is 5.26 Å². The van der Waals surface area contributed by atoms with Crippen molar-refractivity contribution in [1.29, 1.82) is 5.26 Å². The van der Waals surface area contributed by atoms with Gasteiger partial charge in [-0.25, -0.2) is 4.98 Å². The number of nitrogens with zero attached hydrogens (tertiary/aromatic N) is 2. The average Bonchev–Trinajstić information content (AvgIpc) is 2.50. The summed E-state index contributed by atoms with van der Waals surface area (Å²) in [6.45, 7) is 0. The summed E-state index contributed by atoms with van der Waals surface area (Å²) >= 11 is 3.37. The molecular weight excluding hydrogens is 176 g/mol. The van der Waals surface area contributed by atoms with Gasteiger partial charge in [-0.2, -0.15) is 5.26 Å². The Labute approximate surface area is 74.3 Å². The molecule has 0 unspecified atom stereocenters. The fourth-order valence-electron chi connectivity index (χ4n) is 0.592. The van der Waals surface area contributed by atoms with Crippen LogP contribution in [0.15, 0.2) is 15.9 Å². The fourth-order valence-corrected chi connectivity index (χ4v) is 2.24. The van der Waals surface area contributed by atoms with Crippen molar-refractivity contribution in [2.24, 2.45) is 0 Å². The van der Waals surface area contributed by atoms with Gasteiger partial charge in [0, 0.05) is 23.8 Å². The largest absolute Gasteiger partial charge is 0.238 e. The van der Waals surface area contributed by atoms with Gasteiger partial charge in [0.05, 0.1) is 6.07 Å². The quantitative estimate of drug-likeness (QED) is 0.533. The van der Waals surface area contributed by atoms with Crippen molar-refractivity contribution in [2.75, 3.05) is 5.75 Å². The predicted octanol–water partition coefficient (Wildman–Crippen LogP) is 2.54. The summed E-state index contributed by atoms with van der Waals surface area (Å²) in [7, 11) is 0. The molecule has 0 radical (unpaired) electrons. The van der Waals surface area contributed by atoms with Gasteiger partial charge in [-0.3, -0.25) is 0 Å². The molecule has 0 aromatic carbocycles. The highest BCUT2D eigenvalue weighted by molar-refractivity contribution is 8.00. The van der Waals surface area contributed by atoms with Gasteiger partial charge in [0.15, 0.2) is 0 Å². The second-order valence-electron chi connectivity index (χ2n) is 1.91. The number of hydrogen-bond acceptors (Lipinski definition) is 4. The topological polar surface area (TPSA) is 36.7 Å². The van der Waals surface area contributed by atoms with Gasteiger partial charge in [-0.05, 0) is 6.42 Å². The van der Waals surface area contributed by atoms with Crippen LogP contribution in [0.4, 0.5) is 0 Å². The normalized spacial score (nSPS) is 9.36. The highest BCUT2D eigenvalue weighted by Gasteiger charge is 1.94. The first-order valence-electron chi connectivity index (χ1n) is 3.32. The highest BCUT2D eigenvalue weighted by atomic mass is 32.2. The zero-order chi connectivity index (χ0) is 7.94. The maximum Gasteiger partial charge on any atom is 0.149 e. The number of thiazole rings is 1. The molecule has 0 aliphatic rings. The Bertz CT molecular complexity index is 225. The Morgan fingerprint density at radius 1 is 1.73 bits per heavy atom. The number of hydrogen-bond donors (Lipinski definition) is 0. The van der Waals surface area contributed by atoms with E-state index in [0.29, 0.717) is 6.42 Å². The lowest BCUT2D eigenvalue weighted by Gasteiger charge is -1.91. The van der Waals surface area contributed by atoms with Crippen LogP contribution in [0.5, 0.6) is 0 Å². The lowest BCUT2D eigenvalue weighted by Crippen LogP contribution is -1.77. The third kappa shape index (κ3) is 3.40. The minimum absolute atomic E-state index is 0.651. The summed E-state index contributed by atoms with van der Waals surface area (Å²) < 4.78 is 1.10. The Hall–Kier alpha value is -0.530. The van der Waals surface area contributed by atoms with Crippen LogP contribution in [-0.4, -0.2) is 10.7 Å². The van der Waals surface area contributed by atoms with Crippen molar-refractivity contribution in [3.63, 3.8) is 0 Å². The number of aromatic nitrogens is 1. The van der Waals surface area contributed by atoms with E-state index in [9.17, 15) is 0 Å². The van der Waals surface area contributed by atoms with Crippen LogP contribution >= 0.6 is 23.1 Å².